The van der Waals surface area contributed by atoms with Crippen LogP contribution in [0.5, 0.6) is 0 Å². The first-order valence-electron chi connectivity index (χ1n) is 5.45. The van der Waals surface area contributed by atoms with Gasteiger partial charge in [0.15, 0.2) is 5.82 Å². The van der Waals surface area contributed by atoms with Gasteiger partial charge in [-0.1, -0.05) is 0 Å². The first-order chi connectivity index (χ1) is 8.33. The summed E-state index contributed by atoms with van der Waals surface area (Å²) < 4.78 is 1.54. The molecule has 1 aliphatic carbocycles. The molecule has 1 saturated carbocycles. The number of aromatic nitrogens is 4. The topological polar surface area (TPSA) is 72.7 Å². The Morgan fingerprint density at radius 3 is 2.88 bits per heavy atom. The number of rotatable bonds is 3. The van der Waals surface area contributed by atoms with Gasteiger partial charge in [-0.25, -0.2) is 14.6 Å². The summed E-state index contributed by atoms with van der Waals surface area (Å²) >= 11 is 0. The minimum atomic E-state index is -0.0647. The molecular weight excluding hydrogens is 218 g/mol. The molecule has 1 aliphatic rings. The zero-order valence-electron chi connectivity index (χ0n) is 9.08. The summed E-state index contributed by atoms with van der Waals surface area (Å²) in [6.07, 6.45) is 6.71. The van der Waals surface area contributed by atoms with Crippen LogP contribution in [0.25, 0.3) is 5.82 Å². The lowest BCUT2D eigenvalue weighted by atomic mass is 10.2. The molecule has 6 heteroatoms. The third-order valence-electron chi connectivity index (χ3n) is 2.58. The van der Waals surface area contributed by atoms with Crippen molar-refractivity contribution in [1.82, 2.24) is 25.1 Å². The zero-order chi connectivity index (χ0) is 11.7. The fraction of sp³-hybridized carbons (Fsp3) is 0.273. The molecule has 0 spiro atoms. The zero-order valence-corrected chi connectivity index (χ0v) is 9.08. The van der Waals surface area contributed by atoms with Crippen LogP contribution in [0.15, 0.2) is 31.0 Å². The van der Waals surface area contributed by atoms with Crippen LogP contribution in [0, 0.1) is 0 Å². The van der Waals surface area contributed by atoms with Crippen LogP contribution < -0.4 is 5.32 Å². The lowest BCUT2D eigenvalue weighted by Gasteiger charge is -2.03. The predicted octanol–water partition coefficient (Wildman–Crippen LogP) is 0.554. The number of carbonyl (C=O) groups is 1. The Morgan fingerprint density at radius 1 is 1.41 bits per heavy atom. The molecule has 0 atom stereocenters. The minimum absolute atomic E-state index is 0.0647. The largest absolute Gasteiger partial charge is 0.349 e. The summed E-state index contributed by atoms with van der Waals surface area (Å²) in [5.74, 6) is 0.579. The van der Waals surface area contributed by atoms with Crippen LogP contribution in [0.1, 0.15) is 23.2 Å². The Labute approximate surface area is 97.7 Å². The van der Waals surface area contributed by atoms with E-state index in [2.05, 4.69) is 20.4 Å². The van der Waals surface area contributed by atoms with E-state index in [4.69, 9.17) is 0 Å². The van der Waals surface area contributed by atoms with Crippen LogP contribution in [0.3, 0.4) is 0 Å². The van der Waals surface area contributed by atoms with Crippen molar-refractivity contribution in [2.45, 2.75) is 18.9 Å². The van der Waals surface area contributed by atoms with Gasteiger partial charge in [0.2, 0.25) is 0 Å². The van der Waals surface area contributed by atoms with Crippen LogP contribution >= 0.6 is 0 Å². The molecule has 0 aliphatic heterocycles. The van der Waals surface area contributed by atoms with Gasteiger partial charge < -0.3 is 5.32 Å². The van der Waals surface area contributed by atoms with Crippen LogP contribution in [0.2, 0.25) is 0 Å². The van der Waals surface area contributed by atoms with Crippen molar-refractivity contribution in [1.29, 1.82) is 0 Å². The van der Waals surface area contributed by atoms with Gasteiger partial charge in [-0.2, -0.15) is 5.10 Å². The third-order valence-corrected chi connectivity index (χ3v) is 2.58. The molecule has 2 aromatic heterocycles. The predicted molar refractivity (Wildman–Crippen MR) is 59.6 cm³/mol. The van der Waals surface area contributed by atoms with Gasteiger partial charge in [-0.3, -0.25) is 4.79 Å². The van der Waals surface area contributed by atoms with Gasteiger partial charge in [-0.05, 0) is 25.0 Å². The van der Waals surface area contributed by atoms with Gasteiger partial charge in [0.25, 0.3) is 5.91 Å². The fourth-order valence-electron chi connectivity index (χ4n) is 1.48. The Hall–Kier alpha value is -2.24. The number of amides is 1. The van der Waals surface area contributed by atoms with Gasteiger partial charge in [-0.15, -0.1) is 0 Å². The Balaban J connectivity index is 1.77. The molecular formula is C11H11N5O. The van der Waals surface area contributed by atoms with E-state index in [1.807, 2.05) is 0 Å². The molecule has 0 aromatic carbocycles. The van der Waals surface area contributed by atoms with Crippen LogP contribution in [-0.2, 0) is 0 Å². The van der Waals surface area contributed by atoms with Gasteiger partial charge >= 0.3 is 0 Å². The summed E-state index contributed by atoms with van der Waals surface area (Å²) in [7, 11) is 0. The first-order valence-corrected chi connectivity index (χ1v) is 5.45. The van der Waals surface area contributed by atoms with Gasteiger partial charge in [0.05, 0.1) is 5.56 Å². The van der Waals surface area contributed by atoms with Crippen molar-refractivity contribution in [3.63, 3.8) is 0 Å². The van der Waals surface area contributed by atoms with E-state index in [0.717, 1.165) is 12.8 Å². The second-order valence-corrected chi connectivity index (χ2v) is 3.99. The van der Waals surface area contributed by atoms with Crippen molar-refractivity contribution >= 4 is 5.91 Å². The number of nitrogens with zero attached hydrogens (tertiary/aromatic N) is 4. The highest BCUT2D eigenvalue weighted by Gasteiger charge is 2.23. The molecule has 3 rings (SSSR count). The maximum atomic E-state index is 11.7. The van der Waals surface area contributed by atoms with Crippen molar-refractivity contribution in [3.8, 4) is 5.82 Å². The molecule has 1 amide bonds. The van der Waals surface area contributed by atoms with Crippen molar-refractivity contribution < 1.29 is 4.79 Å². The summed E-state index contributed by atoms with van der Waals surface area (Å²) in [5, 5.41) is 6.87. The van der Waals surface area contributed by atoms with Crippen molar-refractivity contribution in [2.24, 2.45) is 0 Å². The van der Waals surface area contributed by atoms with Gasteiger partial charge in [0.1, 0.15) is 12.7 Å². The van der Waals surface area contributed by atoms with E-state index >= 15 is 0 Å². The highest BCUT2D eigenvalue weighted by atomic mass is 16.1. The number of hydrogen-bond acceptors (Lipinski definition) is 4. The minimum Gasteiger partial charge on any atom is -0.349 e. The summed E-state index contributed by atoms with van der Waals surface area (Å²) in [5.41, 5.74) is 0.570. The van der Waals surface area contributed by atoms with E-state index in [1.54, 1.807) is 29.3 Å². The van der Waals surface area contributed by atoms with Crippen LogP contribution in [-0.4, -0.2) is 31.7 Å². The Morgan fingerprint density at radius 2 is 2.29 bits per heavy atom. The Kier molecular flexibility index (Phi) is 2.32. The van der Waals surface area contributed by atoms with Crippen LogP contribution in [0.4, 0.5) is 0 Å². The SMILES string of the molecule is O=C(NC1CC1)c1ccc(-n2cncn2)nc1. The maximum Gasteiger partial charge on any atom is 0.253 e. The maximum absolute atomic E-state index is 11.7. The molecule has 1 N–H and O–H groups in total. The molecule has 6 nitrogen and oxygen atoms in total. The number of nitrogens with one attached hydrogen (secondary N) is 1. The summed E-state index contributed by atoms with van der Waals surface area (Å²) in [6, 6.07) is 3.84. The quantitative estimate of drug-likeness (QED) is 0.834. The second kappa shape index (κ2) is 3.97. The van der Waals surface area contributed by atoms with E-state index in [0.29, 0.717) is 17.4 Å². The van der Waals surface area contributed by atoms with Gasteiger partial charge in [0, 0.05) is 12.2 Å². The lowest BCUT2D eigenvalue weighted by molar-refractivity contribution is 0.0950. The molecule has 86 valence electrons. The van der Waals surface area contributed by atoms with E-state index < -0.39 is 0 Å². The second-order valence-electron chi connectivity index (χ2n) is 3.99. The van der Waals surface area contributed by atoms with E-state index in [1.165, 1.54) is 6.33 Å². The third kappa shape index (κ3) is 2.15. The lowest BCUT2D eigenvalue weighted by Crippen LogP contribution is -2.25. The molecule has 0 radical (unpaired) electrons. The standard InChI is InChI=1S/C11H11N5O/c17-11(15-9-2-3-9)8-1-4-10(13-5-8)16-7-12-6-14-16/h1,4-7,9H,2-3H2,(H,15,17). The summed E-state index contributed by atoms with van der Waals surface area (Å²) in [4.78, 5) is 19.7. The van der Waals surface area contributed by atoms with Crippen molar-refractivity contribution in [2.75, 3.05) is 0 Å². The normalized spacial score (nSPS) is 14.6. The smallest absolute Gasteiger partial charge is 0.253 e. The molecule has 2 aromatic rings. The van der Waals surface area contributed by atoms with Crippen molar-refractivity contribution in [3.05, 3.63) is 36.5 Å². The highest BCUT2D eigenvalue weighted by molar-refractivity contribution is 5.94. The number of hydrogen-bond donors (Lipinski definition) is 1. The molecule has 1 fully saturated rings. The molecule has 0 saturated heterocycles. The van der Waals surface area contributed by atoms with E-state index in [9.17, 15) is 4.79 Å². The average Bonchev–Trinajstić information content (AvgIpc) is 3.00. The highest BCUT2D eigenvalue weighted by Crippen LogP contribution is 2.19. The number of carbonyl (C=O) groups excluding carboxylic acids is 1. The molecule has 0 bridgehead atoms. The fourth-order valence-corrected chi connectivity index (χ4v) is 1.48. The number of pyridine rings is 1. The first kappa shape index (κ1) is 9.95. The summed E-state index contributed by atoms with van der Waals surface area (Å²) in [6.45, 7) is 0. The monoisotopic (exact) mass is 229 g/mol. The Bertz CT molecular complexity index is 515. The molecule has 2 heterocycles. The molecule has 17 heavy (non-hydrogen) atoms. The average molecular weight is 229 g/mol. The molecule has 0 unspecified atom stereocenters. The van der Waals surface area contributed by atoms with E-state index in [-0.39, 0.29) is 5.91 Å².